The van der Waals surface area contributed by atoms with Crippen LogP contribution in [0.5, 0.6) is 0 Å². The first-order valence-electron chi connectivity index (χ1n) is 17.4. The summed E-state index contributed by atoms with van der Waals surface area (Å²) in [6.07, 6.45) is 13.7. The van der Waals surface area contributed by atoms with E-state index in [0.29, 0.717) is 18.4 Å². The van der Waals surface area contributed by atoms with Crippen molar-refractivity contribution >= 4 is 39.9 Å². The van der Waals surface area contributed by atoms with Gasteiger partial charge in [0.25, 0.3) is 0 Å². The maximum atomic E-state index is 5.31. The normalized spacial score (nSPS) is 19.8. The standard InChI is InChI=1S/C45H39N3/c1-46-41-19-9-6-18-38(41)44(47-30-31-14-4-2-5-15-31)32-22-24-34-35-25-23-33(29-40(35)45(39(34)28-32)26-12-3-13-27-45)48-42-20-10-7-16-36(42)37-17-8-11-21-43(37)48/h2,4-11,14-25,28-29,34,39H,1,3,12-13,26-27,30H2. The van der Waals surface area contributed by atoms with Crippen LogP contribution >= 0.6 is 0 Å². The predicted molar refractivity (Wildman–Crippen MR) is 201 cm³/mol. The minimum absolute atomic E-state index is 0.101. The van der Waals surface area contributed by atoms with Crippen molar-refractivity contribution in [3.8, 4) is 5.69 Å². The molecule has 1 aromatic heterocycles. The topological polar surface area (TPSA) is 29.6 Å². The van der Waals surface area contributed by atoms with Crippen molar-refractivity contribution < 1.29 is 0 Å². The van der Waals surface area contributed by atoms with Crippen LogP contribution in [-0.2, 0) is 12.0 Å². The number of nitrogens with zero attached hydrogens (tertiary/aromatic N) is 3. The Morgan fingerprint density at radius 3 is 2.19 bits per heavy atom. The van der Waals surface area contributed by atoms with Crippen LogP contribution in [-0.4, -0.2) is 17.0 Å². The molecule has 48 heavy (non-hydrogen) atoms. The van der Waals surface area contributed by atoms with Crippen LogP contribution in [0.3, 0.4) is 0 Å². The number of aromatic nitrogens is 1. The Kier molecular flexibility index (Phi) is 7.08. The Labute approximate surface area is 282 Å². The Morgan fingerprint density at radius 2 is 1.44 bits per heavy atom. The zero-order chi connectivity index (χ0) is 32.1. The Bertz CT molecular complexity index is 2220. The van der Waals surface area contributed by atoms with Crippen molar-refractivity contribution in [3.63, 3.8) is 0 Å². The van der Waals surface area contributed by atoms with Crippen molar-refractivity contribution in [2.75, 3.05) is 0 Å². The van der Waals surface area contributed by atoms with Gasteiger partial charge in [0.1, 0.15) is 0 Å². The van der Waals surface area contributed by atoms with Crippen LogP contribution < -0.4 is 0 Å². The molecule has 3 aliphatic carbocycles. The fraction of sp³-hybridized carbons (Fsp3) is 0.200. The maximum Gasteiger partial charge on any atom is 0.0741 e. The molecule has 3 nitrogen and oxygen atoms in total. The van der Waals surface area contributed by atoms with Crippen molar-refractivity contribution in [1.29, 1.82) is 0 Å². The first kappa shape index (κ1) is 28.9. The summed E-state index contributed by atoms with van der Waals surface area (Å²) in [5, 5.41) is 2.61. The average Bonchev–Trinajstić information content (AvgIpc) is 3.62. The van der Waals surface area contributed by atoms with Gasteiger partial charge >= 0.3 is 0 Å². The third-order valence-corrected chi connectivity index (χ3v) is 11.2. The van der Waals surface area contributed by atoms with E-state index in [9.17, 15) is 0 Å². The summed E-state index contributed by atoms with van der Waals surface area (Å²) in [4.78, 5) is 9.72. The molecule has 2 unspecified atom stereocenters. The van der Waals surface area contributed by atoms with E-state index in [1.54, 1.807) is 5.56 Å². The molecule has 3 heteroatoms. The third kappa shape index (κ3) is 4.56. The number of hydrogen-bond donors (Lipinski definition) is 0. The first-order valence-corrected chi connectivity index (χ1v) is 17.4. The summed E-state index contributed by atoms with van der Waals surface area (Å²) in [7, 11) is 0. The van der Waals surface area contributed by atoms with Gasteiger partial charge in [0.15, 0.2) is 0 Å². The smallest absolute Gasteiger partial charge is 0.0741 e. The zero-order valence-electron chi connectivity index (χ0n) is 27.2. The van der Waals surface area contributed by atoms with Gasteiger partial charge in [-0.2, -0.15) is 0 Å². The van der Waals surface area contributed by atoms with Crippen molar-refractivity contribution in [2.45, 2.75) is 50.0 Å². The number of rotatable bonds is 6. The molecule has 1 saturated carbocycles. The molecule has 0 aliphatic heterocycles. The molecule has 0 saturated heterocycles. The van der Waals surface area contributed by atoms with Gasteiger partial charge in [0, 0.05) is 33.4 Å². The molecule has 234 valence electrons. The fourth-order valence-corrected chi connectivity index (χ4v) is 9.11. The second-order valence-electron chi connectivity index (χ2n) is 13.7. The molecule has 0 amide bonds. The zero-order valence-corrected chi connectivity index (χ0v) is 27.2. The van der Waals surface area contributed by atoms with E-state index in [2.05, 4.69) is 144 Å². The lowest BCUT2D eigenvalue weighted by Crippen LogP contribution is -2.35. The molecular formula is C45H39N3. The van der Waals surface area contributed by atoms with E-state index in [4.69, 9.17) is 4.99 Å². The average molecular weight is 622 g/mol. The van der Waals surface area contributed by atoms with Gasteiger partial charge in [-0.25, -0.2) is 0 Å². The molecule has 6 aromatic rings. The van der Waals surface area contributed by atoms with Crippen LogP contribution in [0.25, 0.3) is 27.5 Å². The van der Waals surface area contributed by atoms with E-state index < -0.39 is 0 Å². The molecule has 0 bridgehead atoms. The number of fused-ring (bicyclic) bond motifs is 8. The number of allylic oxidation sites excluding steroid dienone is 4. The lowest BCUT2D eigenvalue weighted by Gasteiger charge is -2.41. The largest absolute Gasteiger partial charge is 0.309 e. The summed E-state index contributed by atoms with van der Waals surface area (Å²) in [6, 6.07) is 43.9. The Balaban J connectivity index is 1.19. The Hall–Kier alpha value is -5.28. The molecule has 3 aliphatic rings. The quantitative estimate of drug-likeness (QED) is 0.166. The second-order valence-corrected chi connectivity index (χ2v) is 13.7. The van der Waals surface area contributed by atoms with E-state index in [0.717, 1.165) is 17.0 Å². The molecule has 9 rings (SSSR count). The van der Waals surface area contributed by atoms with Gasteiger partial charge in [-0.3, -0.25) is 9.98 Å². The van der Waals surface area contributed by atoms with Crippen LogP contribution in [0.4, 0.5) is 5.69 Å². The third-order valence-electron chi connectivity index (χ3n) is 11.2. The summed E-state index contributed by atoms with van der Waals surface area (Å²) < 4.78 is 2.48. The van der Waals surface area contributed by atoms with E-state index in [1.807, 2.05) is 12.1 Å². The maximum absolute atomic E-state index is 5.31. The van der Waals surface area contributed by atoms with Gasteiger partial charge in [0.05, 0.1) is 29.0 Å². The van der Waals surface area contributed by atoms with Gasteiger partial charge in [-0.15, -0.1) is 0 Å². The highest BCUT2D eigenvalue weighted by molar-refractivity contribution is 6.17. The lowest BCUT2D eigenvalue weighted by molar-refractivity contribution is 0.233. The van der Waals surface area contributed by atoms with Gasteiger partial charge in [-0.05, 0) is 78.1 Å². The molecule has 1 heterocycles. The summed E-state index contributed by atoms with van der Waals surface area (Å²) in [6.45, 7) is 4.53. The molecule has 0 radical (unpaired) electrons. The number of para-hydroxylation sites is 3. The first-order chi connectivity index (χ1) is 23.7. The highest BCUT2D eigenvalue weighted by Crippen LogP contribution is 2.60. The minimum atomic E-state index is 0.101. The monoisotopic (exact) mass is 621 g/mol. The molecule has 1 fully saturated rings. The van der Waals surface area contributed by atoms with Crippen molar-refractivity contribution in [1.82, 2.24) is 4.57 Å². The molecule has 5 aromatic carbocycles. The van der Waals surface area contributed by atoms with Gasteiger partial charge in [-0.1, -0.05) is 128 Å². The van der Waals surface area contributed by atoms with Crippen LogP contribution in [0.1, 0.15) is 60.3 Å². The summed E-state index contributed by atoms with van der Waals surface area (Å²) in [5.41, 5.74) is 12.3. The Morgan fingerprint density at radius 1 is 0.750 bits per heavy atom. The van der Waals surface area contributed by atoms with Crippen LogP contribution in [0.15, 0.2) is 155 Å². The van der Waals surface area contributed by atoms with E-state index in [1.165, 1.54) is 76.3 Å². The van der Waals surface area contributed by atoms with Crippen molar-refractivity contribution in [2.24, 2.45) is 15.9 Å². The van der Waals surface area contributed by atoms with E-state index >= 15 is 0 Å². The molecular weight excluding hydrogens is 583 g/mol. The SMILES string of the molecule is C=Nc1ccccc1C(=NCc1ccccc1)C1=CC2C(C=C1)c1ccc(-n3c4ccccc4c4ccccc43)cc1C21CCCCC1. The minimum Gasteiger partial charge on any atom is -0.309 e. The predicted octanol–water partition coefficient (Wildman–Crippen LogP) is 11.2. The summed E-state index contributed by atoms with van der Waals surface area (Å²) in [5.74, 6) is 0.740. The molecule has 0 N–H and O–H groups in total. The van der Waals surface area contributed by atoms with E-state index in [-0.39, 0.29) is 5.41 Å². The number of hydrogen-bond acceptors (Lipinski definition) is 2. The second kappa shape index (κ2) is 11.8. The molecule has 2 atom stereocenters. The number of benzene rings is 5. The van der Waals surface area contributed by atoms with Crippen LogP contribution in [0.2, 0.25) is 0 Å². The van der Waals surface area contributed by atoms with Gasteiger partial charge < -0.3 is 4.57 Å². The summed E-state index contributed by atoms with van der Waals surface area (Å²) >= 11 is 0. The van der Waals surface area contributed by atoms with Gasteiger partial charge in [0.2, 0.25) is 0 Å². The molecule has 1 spiro atoms. The van der Waals surface area contributed by atoms with Crippen LogP contribution in [0, 0.1) is 5.92 Å². The highest BCUT2D eigenvalue weighted by atomic mass is 15.0. The lowest BCUT2D eigenvalue weighted by atomic mass is 9.63. The van der Waals surface area contributed by atoms with Crippen molar-refractivity contribution in [3.05, 3.63) is 167 Å². The highest BCUT2D eigenvalue weighted by Gasteiger charge is 2.51. The number of aliphatic imine (C=N–C) groups is 2. The fourth-order valence-electron chi connectivity index (χ4n) is 9.11.